The van der Waals surface area contributed by atoms with Gasteiger partial charge in [0.1, 0.15) is 28.2 Å². The van der Waals surface area contributed by atoms with E-state index in [2.05, 4.69) is 48.6 Å². The average molecular weight is 723 g/mol. The molecule has 56 heavy (non-hydrogen) atoms. The molecular weight excluding hydrogens is 693 g/mol. The summed E-state index contributed by atoms with van der Waals surface area (Å²) in [6.45, 7) is 0. The van der Waals surface area contributed by atoms with Gasteiger partial charge in [-0.05, 0) is 42.8 Å². The van der Waals surface area contributed by atoms with Gasteiger partial charge in [-0.15, -0.1) is 0 Å². The van der Waals surface area contributed by atoms with Gasteiger partial charge >= 0.3 is 0 Å². The lowest BCUT2D eigenvalue weighted by atomic mass is 9.99. The van der Waals surface area contributed by atoms with E-state index in [9.17, 15) is 0 Å². The topological polar surface area (TPSA) is 104 Å². The third kappa shape index (κ3) is 5.46. The molecule has 0 saturated carbocycles. The number of allylic oxidation sites excluding steroid dienone is 4. The summed E-state index contributed by atoms with van der Waals surface area (Å²) in [7, 11) is 0. The predicted octanol–water partition coefficient (Wildman–Crippen LogP) is 11.8. The molecule has 0 fully saturated rings. The van der Waals surface area contributed by atoms with E-state index in [4.69, 9.17) is 38.7 Å². The van der Waals surface area contributed by atoms with Crippen molar-refractivity contribution in [2.45, 2.75) is 12.3 Å². The summed E-state index contributed by atoms with van der Waals surface area (Å²) in [5, 5.41) is 3.86. The van der Waals surface area contributed by atoms with Crippen molar-refractivity contribution in [2.24, 2.45) is 0 Å². The molecule has 264 valence electrons. The van der Waals surface area contributed by atoms with Crippen LogP contribution in [0.3, 0.4) is 0 Å². The molecule has 1 atom stereocenters. The van der Waals surface area contributed by atoms with Crippen LogP contribution in [0.2, 0.25) is 0 Å². The summed E-state index contributed by atoms with van der Waals surface area (Å²) in [6.07, 6.45) is 9.23. The minimum Gasteiger partial charge on any atom is -0.456 e. The van der Waals surface area contributed by atoms with E-state index >= 15 is 0 Å². The standard InChI is InChI=1S/C48H30N6O2/c1-4-14-29(15-5-1)43-49-44(30-16-6-2-7-17-30)52-47(51-43)35-22-13-25-40-41(35)37-28-32(26-27-39(37)55-40)46-50-45(31-18-8-3-9-19-31)53-48(54-46)36-23-12-21-34-33-20-10-11-24-38(33)56-42(34)36/h1-16,18-28,30H,17H2. The molecule has 4 aromatic heterocycles. The summed E-state index contributed by atoms with van der Waals surface area (Å²) in [6, 6.07) is 46.3. The number of para-hydroxylation sites is 2. The molecule has 1 unspecified atom stereocenters. The number of hydrogen-bond acceptors (Lipinski definition) is 8. The molecule has 1 aliphatic rings. The molecule has 0 spiro atoms. The van der Waals surface area contributed by atoms with E-state index in [-0.39, 0.29) is 5.92 Å². The highest BCUT2D eigenvalue weighted by atomic mass is 16.3. The van der Waals surface area contributed by atoms with Crippen LogP contribution in [0.5, 0.6) is 0 Å². The van der Waals surface area contributed by atoms with Gasteiger partial charge in [-0.1, -0.05) is 127 Å². The zero-order valence-corrected chi connectivity index (χ0v) is 29.9. The summed E-state index contributed by atoms with van der Waals surface area (Å²) in [5.74, 6) is 3.60. The number of benzene rings is 6. The molecule has 0 radical (unpaired) electrons. The fraction of sp³-hybridized carbons (Fsp3) is 0.0417. The molecule has 11 rings (SSSR count). The number of aromatic nitrogens is 6. The lowest BCUT2D eigenvalue weighted by Crippen LogP contribution is -2.07. The molecule has 0 N–H and O–H groups in total. The number of furan rings is 2. The molecule has 0 amide bonds. The van der Waals surface area contributed by atoms with E-state index in [1.165, 1.54) is 0 Å². The molecule has 0 bridgehead atoms. The van der Waals surface area contributed by atoms with Gasteiger partial charge in [0.05, 0.1) is 5.56 Å². The Hall–Kier alpha value is -7.58. The van der Waals surface area contributed by atoms with Crippen molar-refractivity contribution < 1.29 is 8.83 Å². The highest BCUT2D eigenvalue weighted by Gasteiger charge is 2.22. The molecular formula is C48H30N6O2. The highest BCUT2D eigenvalue weighted by molar-refractivity contribution is 6.13. The number of rotatable bonds is 6. The van der Waals surface area contributed by atoms with Gasteiger partial charge < -0.3 is 8.83 Å². The second-order valence-corrected chi connectivity index (χ2v) is 13.8. The SMILES string of the molecule is C1=CCC(c2nc(-c3ccccc3)nc(-c3cccc4oc5ccc(-c6nc(-c7ccccc7)nc(-c7cccc8c7oc7ccccc78)n6)cc5c34)n2)C=C1. The van der Waals surface area contributed by atoms with Crippen molar-refractivity contribution in [2.75, 3.05) is 0 Å². The van der Waals surface area contributed by atoms with Crippen LogP contribution in [0.15, 0.2) is 173 Å². The van der Waals surface area contributed by atoms with Crippen molar-refractivity contribution in [1.82, 2.24) is 29.9 Å². The first-order chi connectivity index (χ1) is 27.7. The van der Waals surface area contributed by atoms with Crippen LogP contribution < -0.4 is 0 Å². The van der Waals surface area contributed by atoms with Gasteiger partial charge in [0, 0.05) is 49.7 Å². The maximum atomic E-state index is 6.47. The van der Waals surface area contributed by atoms with E-state index in [0.717, 1.165) is 83.9 Å². The van der Waals surface area contributed by atoms with E-state index < -0.39 is 0 Å². The monoisotopic (exact) mass is 722 g/mol. The smallest absolute Gasteiger partial charge is 0.167 e. The van der Waals surface area contributed by atoms with Crippen molar-refractivity contribution in [3.63, 3.8) is 0 Å². The Balaban J connectivity index is 1.11. The van der Waals surface area contributed by atoms with Gasteiger partial charge in [-0.25, -0.2) is 29.9 Å². The summed E-state index contributed by atoms with van der Waals surface area (Å²) >= 11 is 0. The van der Waals surface area contributed by atoms with E-state index in [0.29, 0.717) is 29.1 Å². The van der Waals surface area contributed by atoms with Crippen LogP contribution in [0.1, 0.15) is 18.2 Å². The van der Waals surface area contributed by atoms with Crippen molar-refractivity contribution in [3.05, 3.63) is 170 Å². The Kier molecular flexibility index (Phi) is 7.45. The summed E-state index contributed by atoms with van der Waals surface area (Å²) < 4.78 is 12.9. The minimum absolute atomic E-state index is 0.0402. The number of nitrogens with zero attached hydrogens (tertiary/aromatic N) is 6. The van der Waals surface area contributed by atoms with Gasteiger partial charge in [0.2, 0.25) is 0 Å². The van der Waals surface area contributed by atoms with Gasteiger partial charge in [0.25, 0.3) is 0 Å². The predicted molar refractivity (Wildman–Crippen MR) is 221 cm³/mol. The largest absolute Gasteiger partial charge is 0.456 e. The van der Waals surface area contributed by atoms with Crippen LogP contribution in [-0.4, -0.2) is 29.9 Å². The zero-order chi connectivity index (χ0) is 37.0. The molecule has 8 nitrogen and oxygen atoms in total. The average Bonchev–Trinajstić information content (AvgIpc) is 3.85. The number of fused-ring (bicyclic) bond motifs is 6. The molecule has 1 aliphatic carbocycles. The Morgan fingerprint density at radius 1 is 0.429 bits per heavy atom. The van der Waals surface area contributed by atoms with Gasteiger partial charge in [0.15, 0.2) is 29.1 Å². The highest BCUT2D eigenvalue weighted by Crippen LogP contribution is 2.40. The first kappa shape index (κ1) is 31.9. The molecule has 4 heterocycles. The molecule has 0 saturated heterocycles. The maximum Gasteiger partial charge on any atom is 0.167 e. The lowest BCUT2D eigenvalue weighted by molar-refractivity contribution is 0.669. The van der Waals surface area contributed by atoms with Crippen LogP contribution in [0.25, 0.3) is 101 Å². The quantitative estimate of drug-likeness (QED) is 0.167. The van der Waals surface area contributed by atoms with Gasteiger partial charge in [-0.3, -0.25) is 0 Å². The maximum absolute atomic E-state index is 6.47. The van der Waals surface area contributed by atoms with E-state index in [1.54, 1.807) is 0 Å². The van der Waals surface area contributed by atoms with Gasteiger partial charge in [-0.2, -0.15) is 0 Å². The van der Waals surface area contributed by atoms with Crippen LogP contribution in [-0.2, 0) is 0 Å². The molecule has 8 heteroatoms. The first-order valence-electron chi connectivity index (χ1n) is 18.6. The van der Waals surface area contributed by atoms with Crippen LogP contribution >= 0.6 is 0 Å². The Morgan fingerprint density at radius 3 is 1.82 bits per heavy atom. The lowest BCUT2D eigenvalue weighted by Gasteiger charge is -2.14. The van der Waals surface area contributed by atoms with Crippen LogP contribution in [0.4, 0.5) is 0 Å². The second kappa shape index (κ2) is 13.1. The zero-order valence-electron chi connectivity index (χ0n) is 29.9. The summed E-state index contributed by atoms with van der Waals surface area (Å²) in [4.78, 5) is 30.4. The van der Waals surface area contributed by atoms with Crippen LogP contribution in [0, 0.1) is 0 Å². The second-order valence-electron chi connectivity index (χ2n) is 13.8. The molecule has 10 aromatic rings. The molecule has 6 aromatic carbocycles. The Morgan fingerprint density at radius 2 is 1.04 bits per heavy atom. The Labute approximate surface area is 320 Å². The van der Waals surface area contributed by atoms with Crippen molar-refractivity contribution in [1.29, 1.82) is 0 Å². The fourth-order valence-corrected chi connectivity index (χ4v) is 7.58. The number of hydrogen-bond donors (Lipinski definition) is 0. The first-order valence-corrected chi connectivity index (χ1v) is 18.6. The third-order valence-corrected chi connectivity index (χ3v) is 10.3. The van der Waals surface area contributed by atoms with Crippen molar-refractivity contribution >= 4 is 43.9 Å². The summed E-state index contributed by atoms with van der Waals surface area (Å²) in [5.41, 5.74) is 7.29. The normalized spacial score (nSPS) is 14.0. The van der Waals surface area contributed by atoms with E-state index in [1.807, 2.05) is 115 Å². The Bertz CT molecular complexity index is 3180. The van der Waals surface area contributed by atoms with Crippen molar-refractivity contribution in [3.8, 4) is 56.9 Å². The fourth-order valence-electron chi connectivity index (χ4n) is 7.58. The molecule has 0 aliphatic heterocycles. The third-order valence-electron chi connectivity index (χ3n) is 10.3. The minimum atomic E-state index is 0.0402.